The number of aromatic amines is 1. The van der Waals surface area contributed by atoms with Crippen molar-refractivity contribution in [2.24, 2.45) is 5.92 Å². The number of likely N-dealkylation sites (tertiary alicyclic amines) is 1. The Morgan fingerprint density at radius 2 is 1.80 bits per heavy atom. The van der Waals surface area contributed by atoms with E-state index in [1.807, 2.05) is 19.9 Å². The molecule has 3 aromatic rings. The van der Waals surface area contributed by atoms with E-state index >= 15 is 0 Å². The van der Waals surface area contributed by atoms with Crippen LogP contribution in [0.15, 0.2) is 42.5 Å². The van der Waals surface area contributed by atoms with E-state index in [9.17, 15) is 18.4 Å². The van der Waals surface area contributed by atoms with Crippen LogP contribution in [0.1, 0.15) is 63.0 Å². The Hall–Kier alpha value is -3.60. The van der Waals surface area contributed by atoms with Crippen LogP contribution in [0.5, 0.6) is 5.75 Å². The number of ether oxygens (including phenoxy) is 2. The summed E-state index contributed by atoms with van der Waals surface area (Å²) in [7, 11) is 1.28. The number of methoxy groups -OCH3 is 1. The summed E-state index contributed by atoms with van der Waals surface area (Å²) in [4.78, 5) is 37.7. The summed E-state index contributed by atoms with van der Waals surface area (Å²) in [6, 6.07) is 11.8. The number of H-pyrrole nitrogens is 1. The van der Waals surface area contributed by atoms with Crippen molar-refractivity contribution < 1.29 is 27.8 Å². The number of imidazole rings is 1. The number of halogens is 3. The molecule has 5 rings (SSSR count). The number of alkyl halides is 3. The van der Waals surface area contributed by atoms with Crippen molar-refractivity contribution in [2.75, 3.05) is 25.1 Å². The lowest BCUT2D eigenvalue weighted by Crippen LogP contribution is -2.51. The van der Waals surface area contributed by atoms with Gasteiger partial charge in [0, 0.05) is 30.4 Å². The van der Waals surface area contributed by atoms with Gasteiger partial charge in [-0.15, -0.1) is 8.78 Å². The zero-order valence-electron chi connectivity index (χ0n) is 23.2. The summed E-state index contributed by atoms with van der Waals surface area (Å²) in [5.74, 6) is 0.455. The molecule has 220 valence electrons. The summed E-state index contributed by atoms with van der Waals surface area (Å²) in [5, 5.41) is 2.68. The fraction of sp³-hybridized carbons (Fsp3) is 0.483. The number of anilines is 1. The Balaban J connectivity index is 1.35. The molecule has 2 aliphatic rings. The van der Waals surface area contributed by atoms with Crippen LogP contribution in [0.4, 0.5) is 19.3 Å². The molecule has 2 aromatic carbocycles. The number of rotatable bonds is 8. The average Bonchev–Trinajstić information content (AvgIpc) is 3.69. The molecule has 41 heavy (non-hydrogen) atoms. The molecule has 12 heteroatoms. The Bertz CT molecular complexity index is 1390. The van der Waals surface area contributed by atoms with Crippen molar-refractivity contribution in [3.05, 3.63) is 53.9 Å². The molecule has 0 bridgehead atoms. The number of hydrogen-bond donors (Lipinski definition) is 2. The highest BCUT2D eigenvalue weighted by molar-refractivity contribution is 6.20. The Labute approximate surface area is 242 Å². The van der Waals surface area contributed by atoms with Crippen LogP contribution in [0.25, 0.3) is 11.0 Å². The van der Waals surface area contributed by atoms with Gasteiger partial charge in [-0.2, -0.15) is 0 Å². The van der Waals surface area contributed by atoms with Crippen molar-refractivity contribution in [3.63, 3.8) is 0 Å². The first-order chi connectivity index (χ1) is 19.5. The number of nitrogens with one attached hydrogen (secondary N) is 2. The first-order valence-corrected chi connectivity index (χ1v) is 14.2. The molecular weight excluding hydrogens is 556 g/mol. The topological polar surface area (TPSA) is 99.8 Å². The SMILES string of the molecule is COC(=O)NC(C(=O)N1CCC[C@H]1c1nc2ccc([C@@H]3CCCN3c3ccc(OC(F)(F)Cl)cc3)cc2[nH]1)C(C)C. The summed E-state index contributed by atoms with van der Waals surface area (Å²) in [5.41, 5.74) is -0.0496. The molecule has 1 aromatic heterocycles. The standard InChI is InChI=1S/C29H34ClF2N5O4/c1-17(2)25(35-28(39)40-3)27(38)37-15-5-7-24(37)26-33-21-13-8-18(16-22(21)34-26)23-6-4-14-36(23)19-9-11-20(12-10-19)41-29(30,31)32/h8-13,16-17,23-25H,4-7,14-15H2,1-3H3,(H,33,34)(H,35,39)/t23-,24-,25?/m0/s1. The van der Waals surface area contributed by atoms with E-state index in [1.54, 1.807) is 17.0 Å². The molecule has 0 aliphatic carbocycles. The van der Waals surface area contributed by atoms with Crippen molar-refractivity contribution in [1.82, 2.24) is 20.2 Å². The smallest absolute Gasteiger partial charge is 0.453 e. The molecule has 0 spiro atoms. The van der Waals surface area contributed by atoms with E-state index in [4.69, 9.17) is 21.3 Å². The summed E-state index contributed by atoms with van der Waals surface area (Å²) in [6.07, 6.45) is 2.91. The lowest BCUT2D eigenvalue weighted by atomic mass is 10.0. The van der Waals surface area contributed by atoms with Gasteiger partial charge in [0.25, 0.3) is 0 Å². The van der Waals surface area contributed by atoms with Gasteiger partial charge in [0.2, 0.25) is 5.91 Å². The van der Waals surface area contributed by atoms with Gasteiger partial charge in [-0.3, -0.25) is 4.79 Å². The highest BCUT2D eigenvalue weighted by Gasteiger charge is 2.37. The van der Waals surface area contributed by atoms with E-state index in [0.717, 1.165) is 60.3 Å². The van der Waals surface area contributed by atoms with Crippen LogP contribution in [0.3, 0.4) is 0 Å². The second-order valence-electron chi connectivity index (χ2n) is 10.8. The molecule has 0 saturated carbocycles. The second-order valence-corrected chi connectivity index (χ2v) is 11.3. The minimum Gasteiger partial charge on any atom is -0.453 e. The fourth-order valence-corrected chi connectivity index (χ4v) is 5.96. The average molecular weight is 590 g/mol. The zero-order valence-corrected chi connectivity index (χ0v) is 24.0. The minimum atomic E-state index is -3.76. The largest absolute Gasteiger partial charge is 0.487 e. The Morgan fingerprint density at radius 1 is 1.10 bits per heavy atom. The van der Waals surface area contributed by atoms with E-state index in [-0.39, 0.29) is 29.7 Å². The molecule has 3 atom stereocenters. The first-order valence-electron chi connectivity index (χ1n) is 13.8. The van der Waals surface area contributed by atoms with Crippen molar-refractivity contribution >= 4 is 40.3 Å². The molecule has 2 saturated heterocycles. The summed E-state index contributed by atoms with van der Waals surface area (Å²) >= 11 is 4.89. The van der Waals surface area contributed by atoms with Gasteiger partial charge >= 0.3 is 11.7 Å². The van der Waals surface area contributed by atoms with Crippen molar-refractivity contribution in [3.8, 4) is 5.75 Å². The summed E-state index contributed by atoms with van der Waals surface area (Å²) in [6.45, 7) is 5.19. The van der Waals surface area contributed by atoms with E-state index < -0.39 is 17.7 Å². The van der Waals surface area contributed by atoms with Gasteiger partial charge in [-0.1, -0.05) is 19.9 Å². The number of carbonyl (C=O) groups is 2. The quantitative estimate of drug-likeness (QED) is 0.307. The normalized spacial score (nSPS) is 20.1. The molecule has 2 fully saturated rings. The molecule has 2 amide bonds. The molecule has 2 aliphatic heterocycles. The zero-order chi connectivity index (χ0) is 29.3. The number of aromatic nitrogens is 2. The number of benzene rings is 2. The molecule has 1 unspecified atom stereocenters. The first kappa shape index (κ1) is 28.9. The third kappa shape index (κ3) is 6.34. The van der Waals surface area contributed by atoms with E-state index in [1.165, 1.54) is 19.2 Å². The van der Waals surface area contributed by atoms with Crippen molar-refractivity contribution in [2.45, 2.75) is 63.2 Å². The maximum absolute atomic E-state index is 13.5. The number of nitrogens with zero attached hydrogens (tertiary/aromatic N) is 3. The summed E-state index contributed by atoms with van der Waals surface area (Å²) < 4.78 is 35.2. The lowest BCUT2D eigenvalue weighted by Gasteiger charge is -2.29. The molecule has 2 N–H and O–H groups in total. The van der Waals surface area contributed by atoms with Crippen molar-refractivity contribution in [1.29, 1.82) is 0 Å². The van der Waals surface area contributed by atoms with Gasteiger partial charge in [-0.05, 0) is 73.6 Å². The molecular formula is C29H34ClF2N5O4. The number of amides is 2. The highest BCUT2D eigenvalue weighted by Crippen LogP contribution is 2.39. The van der Waals surface area contributed by atoms with Crippen LogP contribution in [0.2, 0.25) is 0 Å². The third-order valence-electron chi connectivity index (χ3n) is 7.81. The van der Waals surface area contributed by atoms with E-state index in [0.29, 0.717) is 6.54 Å². The second kappa shape index (κ2) is 11.7. The van der Waals surface area contributed by atoms with Gasteiger partial charge in [0.15, 0.2) is 0 Å². The monoisotopic (exact) mass is 589 g/mol. The number of hydrogen-bond acceptors (Lipinski definition) is 6. The molecule has 9 nitrogen and oxygen atoms in total. The maximum atomic E-state index is 13.5. The predicted octanol–water partition coefficient (Wildman–Crippen LogP) is 6.12. The van der Waals surface area contributed by atoms with Gasteiger partial charge < -0.3 is 29.6 Å². The third-order valence-corrected chi connectivity index (χ3v) is 7.88. The minimum absolute atomic E-state index is 0.00358. The predicted molar refractivity (Wildman–Crippen MR) is 151 cm³/mol. The van der Waals surface area contributed by atoms with Crippen LogP contribution >= 0.6 is 11.6 Å². The molecule has 3 heterocycles. The fourth-order valence-electron chi connectivity index (χ4n) is 5.87. The number of fused-ring (bicyclic) bond motifs is 1. The van der Waals surface area contributed by atoms with Gasteiger partial charge in [0.05, 0.1) is 30.2 Å². The molecule has 0 radical (unpaired) electrons. The van der Waals surface area contributed by atoms with Gasteiger partial charge in [-0.25, -0.2) is 9.78 Å². The van der Waals surface area contributed by atoms with Crippen LogP contribution in [-0.2, 0) is 9.53 Å². The maximum Gasteiger partial charge on any atom is 0.487 e. The Kier molecular flexibility index (Phi) is 8.26. The lowest BCUT2D eigenvalue weighted by molar-refractivity contribution is -0.135. The van der Waals surface area contributed by atoms with Crippen LogP contribution in [-0.4, -0.2) is 58.7 Å². The van der Waals surface area contributed by atoms with Gasteiger partial charge in [0.1, 0.15) is 17.6 Å². The number of carbonyl (C=O) groups excluding carboxylic acids is 2. The van der Waals surface area contributed by atoms with E-state index in [2.05, 4.69) is 32.1 Å². The Morgan fingerprint density at radius 3 is 2.49 bits per heavy atom. The van der Waals surface area contributed by atoms with Crippen LogP contribution < -0.4 is 15.0 Å². The number of alkyl carbamates (subject to hydrolysis) is 1. The highest BCUT2D eigenvalue weighted by atomic mass is 35.5. The van der Waals surface area contributed by atoms with Crippen LogP contribution in [0, 0.1) is 5.92 Å².